The van der Waals surface area contributed by atoms with Crippen LogP contribution in [0.5, 0.6) is 0 Å². The van der Waals surface area contributed by atoms with E-state index < -0.39 is 17.8 Å². The fourth-order valence-electron chi connectivity index (χ4n) is 3.47. The van der Waals surface area contributed by atoms with Gasteiger partial charge in [-0.25, -0.2) is 9.18 Å². The number of nitrogens with one attached hydrogen (secondary N) is 1. The Balaban J connectivity index is 1.70. The molecule has 1 aliphatic rings. The van der Waals surface area contributed by atoms with Crippen molar-refractivity contribution in [2.24, 2.45) is 0 Å². The first-order valence-corrected chi connectivity index (χ1v) is 9.21. The first-order chi connectivity index (χ1) is 14.3. The Morgan fingerprint density at radius 3 is 2.50 bits per heavy atom. The quantitative estimate of drug-likeness (QED) is 0.530. The van der Waals surface area contributed by atoms with Crippen LogP contribution in [-0.2, 0) is 16.1 Å². The van der Waals surface area contributed by atoms with Crippen molar-refractivity contribution < 1.29 is 23.2 Å². The van der Waals surface area contributed by atoms with Gasteiger partial charge in [-0.15, -0.1) is 0 Å². The van der Waals surface area contributed by atoms with E-state index in [0.29, 0.717) is 11.3 Å². The number of hydrogen-bond donors (Lipinski definition) is 1. The van der Waals surface area contributed by atoms with Crippen LogP contribution in [0, 0.1) is 19.7 Å². The zero-order chi connectivity index (χ0) is 21.4. The van der Waals surface area contributed by atoms with Crippen molar-refractivity contribution in [2.45, 2.75) is 20.4 Å². The fraction of sp³-hybridized carbons (Fsp3) is 0.136. The van der Waals surface area contributed by atoms with E-state index in [1.54, 1.807) is 24.3 Å². The molecule has 7 nitrogen and oxygen atoms in total. The molecule has 1 fully saturated rings. The van der Waals surface area contributed by atoms with E-state index in [1.807, 2.05) is 24.5 Å². The minimum atomic E-state index is -0.796. The van der Waals surface area contributed by atoms with Crippen LogP contribution >= 0.6 is 0 Å². The molecule has 3 aromatic rings. The summed E-state index contributed by atoms with van der Waals surface area (Å²) in [7, 11) is 0. The van der Waals surface area contributed by atoms with Crippen molar-refractivity contribution in [3.63, 3.8) is 0 Å². The number of nitrogens with zero attached hydrogens (tertiary/aromatic N) is 2. The summed E-state index contributed by atoms with van der Waals surface area (Å²) in [5, 5.41) is 2.19. The molecule has 1 saturated heterocycles. The lowest BCUT2D eigenvalue weighted by Crippen LogP contribution is -2.53. The van der Waals surface area contributed by atoms with Gasteiger partial charge in [-0.3, -0.25) is 19.8 Å². The summed E-state index contributed by atoms with van der Waals surface area (Å²) < 4.78 is 20.4. The summed E-state index contributed by atoms with van der Waals surface area (Å²) in [6.07, 6.45) is 2.90. The Bertz CT molecular complexity index is 1170. The third-order valence-electron chi connectivity index (χ3n) is 4.93. The molecule has 0 spiro atoms. The van der Waals surface area contributed by atoms with Gasteiger partial charge in [0.1, 0.15) is 17.2 Å². The second kappa shape index (κ2) is 7.47. The molecule has 1 N–H and O–H groups in total. The number of aryl methyl sites for hydroxylation is 1. The Morgan fingerprint density at radius 1 is 1.10 bits per heavy atom. The fourth-order valence-corrected chi connectivity index (χ4v) is 3.47. The maximum atomic E-state index is 13.3. The van der Waals surface area contributed by atoms with Crippen molar-refractivity contribution in [2.75, 3.05) is 0 Å². The molecule has 4 rings (SSSR count). The van der Waals surface area contributed by atoms with Crippen LogP contribution in [0.1, 0.15) is 22.7 Å². The highest BCUT2D eigenvalue weighted by Crippen LogP contribution is 2.24. The predicted molar refractivity (Wildman–Crippen MR) is 106 cm³/mol. The number of halogens is 1. The molecule has 0 aliphatic carbocycles. The van der Waals surface area contributed by atoms with Gasteiger partial charge in [0.2, 0.25) is 0 Å². The second-order valence-corrected chi connectivity index (χ2v) is 6.93. The number of barbiturate groups is 1. The summed E-state index contributed by atoms with van der Waals surface area (Å²) >= 11 is 0. The molecule has 0 atom stereocenters. The zero-order valence-corrected chi connectivity index (χ0v) is 16.3. The number of aromatic nitrogens is 1. The topological polar surface area (TPSA) is 84.6 Å². The molecular weight excluding hydrogens is 389 g/mol. The molecule has 152 valence electrons. The zero-order valence-electron chi connectivity index (χ0n) is 16.3. The average molecular weight is 407 g/mol. The van der Waals surface area contributed by atoms with Gasteiger partial charge < -0.3 is 8.98 Å². The van der Waals surface area contributed by atoms with Crippen LogP contribution in [0.15, 0.2) is 58.7 Å². The Morgan fingerprint density at radius 2 is 1.83 bits per heavy atom. The van der Waals surface area contributed by atoms with Crippen LogP contribution in [0.2, 0.25) is 0 Å². The number of urea groups is 1. The number of furan rings is 1. The lowest BCUT2D eigenvalue weighted by molar-refractivity contribution is -0.130. The molecule has 0 unspecified atom stereocenters. The van der Waals surface area contributed by atoms with E-state index in [9.17, 15) is 18.8 Å². The highest BCUT2D eigenvalue weighted by molar-refractivity contribution is 6.31. The van der Waals surface area contributed by atoms with Crippen molar-refractivity contribution in [1.82, 2.24) is 14.8 Å². The molecule has 4 amide bonds. The largest absolute Gasteiger partial charge is 0.467 e. The molecule has 30 heavy (non-hydrogen) atoms. The van der Waals surface area contributed by atoms with Crippen LogP contribution in [0.25, 0.3) is 11.8 Å². The van der Waals surface area contributed by atoms with E-state index in [-0.39, 0.29) is 17.9 Å². The number of hydrogen-bond acceptors (Lipinski definition) is 4. The molecule has 3 heterocycles. The van der Waals surface area contributed by atoms with Gasteiger partial charge in [-0.2, -0.15) is 0 Å². The summed E-state index contributed by atoms with van der Waals surface area (Å²) in [5.74, 6) is -1.38. The van der Waals surface area contributed by atoms with Crippen molar-refractivity contribution >= 4 is 23.9 Å². The summed E-state index contributed by atoms with van der Waals surface area (Å²) in [6, 6.07) is 10.3. The van der Waals surface area contributed by atoms with Gasteiger partial charge in [0, 0.05) is 17.1 Å². The van der Waals surface area contributed by atoms with Gasteiger partial charge in [0.15, 0.2) is 0 Å². The first kappa shape index (κ1) is 19.4. The highest BCUT2D eigenvalue weighted by Gasteiger charge is 2.36. The van der Waals surface area contributed by atoms with Gasteiger partial charge in [0.05, 0.1) is 12.8 Å². The third-order valence-corrected chi connectivity index (χ3v) is 4.93. The minimum absolute atomic E-state index is 0.0864. The first-order valence-electron chi connectivity index (χ1n) is 9.21. The summed E-state index contributed by atoms with van der Waals surface area (Å²) in [6.45, 7) is 3.62. The Kier molecular flexibility index (Phi) is 4.83. The molecule has 2 aromatic heterocycles. The molecule has 0 bridgehead atoms. The number of amides is 4. The van der Waals surface area contributed by atoms with Crippen molar-refractivity contribution in [3.05, 3.63) is 82.8 Å². The summed E-state index contributed by atoms with van der Waals surface area (Å²) in [4.78, 5) is 38.3. The third kappa shape index (κ3) is 3.43. The Labute approximate surface area is 171 Å². The lowest BCUT2D eigenvalue weighted by Gasteiger charge is -2.25. The van der Waals surface area contributed by atoms with Gasteiger partial charge >= 0.3 is 6.03 Å². The van der Waals surface area contributed by atoms with E-state index in [0.717, 1.165) is 22.0 Å². The van der Waals surface area contributed by atoms with Crippen LogP contribution in [0.4, 0.5) is 9.18 Å². The van der Waals surface area contributed by atoms with Gasteiger partial charge in [-0.1, -0.05) is 0 Å². The van der Waals surface area contributed by atoms with E-state index >= 15 is 0 Å². The monoisotopic (exact) mass is 407 g/mol. The number of benzene rings is 1. The number of carbonyl (C=O) groups excluding carboxylic acids is 3. The standard InChI is InChI=1S/C22H18FN3O4/c1-13-10-15(14(2)26(13)17-7-5-16(23)6-8-17)11-19-20(27)24-22(29)25(21(19)28)12-18-4-3-9-30-18/h3-11H,12H2,1-2H3,(H,24,27,29)/b19-11+. The number of imide groups is 2. The van der Waals surface area contributed by atoms with Gasteiger partial charge in [0.25, 0.3) is 11.8 Å². The van der Waals surface area contributed by atoms with Crippen LogP contribution < -0.4 is 5.32 Å². The van der Waals surface area contributed by atoms with Crippen LogP contribution in [0.3, 0.4) is 0 Å². The molecule has 1 aliphatic heterocycles. The molecule has 0 saturated carbocycles. The van der Waals surface area contributed by atoms with Crippen molar-refractivity contribution in [1.29, 1.82) is 0 Å². The predicted octanol–water partition coefficient (Wildman–Crippen LogP) is 3.49. The molecule has 1 aromatic carbocycles. The van der Waals surface area contributed by atoms with Crippen LogP contribution in [-0.4, -0.2) is 27.3 Å². The van der Waals surface area contributed by atoms with Crippen molar-refractivity contribution in [3.8, 4) is 5.69 Å². The van der Waals surface area contributed by atoms with E-state index in [4.69, 9.17) is 4.42 Å². The minimum Gasteiger partial charge on any atom is -0.467 e. The number of rotatable bonds is 4. The maximum Gasteiger partial charge on any atom is 0.331 e. The second-order valence-electron chi connectivity index (χ2n) is 6.93. The SMILES string of the molecule is Cc1cc(/C=C2\C(=O)NC(=O)N(Cc3ccco3)C2=O)c(C)n1-c1ccc(F)cc1. The molecule has 8 heteroatoms. The smallest absolute Gasteiger partial charge is 0.331 e. The molecule has 0 radical (unpaired) electrons. The summed E-state index contributed by atoms with van der Waals surface area (Å²) in [5.41, 5.74) is 2.85. The highest BCUT2D eigenvalue weighted by atomic mass is 19.1. The average Bonchev–Trinajstić information content (AvgIpc) is 3.31. The maximum absolute atomic E-state index is 13.3. The van der Waals surface area contributed by atoms with Gasteiger partial charge in [-0.05, 0) is 68.0 Å². The van der Waals surface area contributed by atoms with E-state index in [2.05, 4.69) is 5.32 Å². The normalized spacial score (nSPS) is 15.8. The van der Waals surface area contributed by atoms with E-state index in [1.165, 1.54) is 24.5 Å². The number of carbonyl (C=O) groups is 3. The molecular formula is C22H18FN3O4. The lowest BCUT2D eigenvalue weighted by atomic mass is 10.1. The Hall–Kier alpha value is -3.94.